The van der Waals surface area contributed by atoms with Gasteiger partial charge in [0, 0.05) is 17.8 Å². The Morgan fingerprint density at radius 1 is 1.27 bits per heavy atom. The summed E-state index contributed by atoms with van der Waals surface area (Å²) in [4.78, 5) is 19.0. The van der Waals surface area contributed by atoms with Crippen LogP contribution in [0, 0.1) is 13.8 Å². The molecule has 0 spiro atoms. The number of rotatable bonds is 3. The molecule has 0 unspecified atom stereocenters. The maximum absolute atomic E-state index is 12.4. The molecule has 0 aliphatic carbocycles. The number of nitrogens with zero attached hydrogens (tertiary/aromatic N) is 3. The lowest BCUT2D eigenvalue weighted by molar-refractivity contribution is 0.204. The molecular formula is C16H20N4O2. The van der Waals surface area contributed by atoms with Crippen molar-refractivity contribution >= 4 is 5.95 Å². The number of nitrogens with one attached hydrogen (secondary N) is 1. The molecule has 1 aromatic heterocycles. The monoisotopic (exact) mass is 300 g/mol. The third-order valence-electron chi connectivity index (χ3n) is 4.01. The second kappa shape index (κ2) is 5.81. The van der Waals surface area contributed by atoms with Crippen LogP contribution in [0.15, 0.2) is 29.1 Å². The van der Waals surface area contributed by atoms with Crippen LogP contribution in [-0.2, 0) is 13.2 Å². The molecule has 22 heavy (non-hydrogen) atoms. The summed E-state index contributed by atoms with van der Waals surface area (Å²) in [5, 5.41) is 3.22. The Labute approximate surface area is 129 Å². The van der Waals surface area contributed by atoms with Crippen LogP contribution in [0.2, 0.25) is 0 Å². The van der Waals surface area contributed by atoms with E-state index in [9.17, 15) is 4.79 Å². The minimum Gasteiger partial charge on any atom is -0.497 e. The molecule has 0 bridgehead atoms. The van der Waals surface area contributed by atoms with Crippen molar-refractivity contribution in [3.8, 4) is 5.75 Å². The van der Waals surface area contributed by atoms with E-state index in [0.29, 0.717) is 24.8 Å². The number of hydrogen-bond acceptors (Lipinski definition) is 5. The summed E-state index contributed by atoms with van der Waals surface area (Å²) < 4.78 is 6.86. The molecular weight excluding hydrogens is 280 g/mol. The molecule has 1 aliphatic rings. The smallest absolute Gasteiger partial charge is 0.259 e. The van der Waals surface area contributed by atoms with E-state index in [0.717, 1.165) is 18.0 Å². The fourth-order valence-electron chi connectivity index (χ4n) is 2.55. The number of ether oxygens (including phenoxy) is 1. The number of methoxy groups -OCH3 is 1. The first-order chi connectivity index (χ1) is 10.6. The highest BCUT2D eigenvalue weighted by Gasteiger charge is 2.19. The fourth-order valence-corrected chi connectivity index (χ4v) is 2.55. The van der Waals surface area contributed by atoms with Crippen molar-refractivity contribution in [2.75, 3.05) is 19.1 Å². The Balaban J connectivity index is 1.79. The van der Waals surface area contributed by atoms with Gasteiger partial charge in [0.05, 0.1) is 20.4 Å². The quantitative estimate of drug-likeness (QED) is 0.935. The Morgan fingerprint density at radius 2 is 2.00 bits per heavy atom. The standard InChI is InChI=1S/C16H20N4O2/c1-11-12(2)18-16-17-9-19(10-20(16)15(11)21)8-13-4-6-14(22-3)7-5-13/h4-7H,8-10H2,1-3H3,(H,17,18). The summed E-state index contributed by atoms with van der Waals surface area (Å²) in [6.07, 6.45) is 0. The first-order valence-electron chi connectivity index (χ1n) is 7.25. The lowest BCUT2D eigenvalue weighted by Gasteiger charge is -2.30. The normalized spacial score (nSPS) is 14.3. The molecule has 0 amide bonds. The summed E-state index contributed by atoms with van der Waals surface area (Å²) in [5.41, 5.74) is 2.69. The molecule has 2 aromatic rings. The Bertz CT molecular complexity index is 737. The van der Waals surface area contributed by atoms with Gasteiger partial charge < -0.3 is 10.1 Å². The van der Waals surface area contributed by atoms with E-state index in [2.05, 4.69) is 15.2 Å². The SMILES string of the molecule is COc1ccc(CN2CNc3nc(C)c(C)c(=O)n3C2)cc1. The predicted octanol–water partition coefficient (Wildman–Crippen LogP) is 1.71. The van der Waals surface area contributed by atoms with Gasteiger partial charge in [0.2, 0.25) is 5.95 Å². The van der Waals surface area contributed by atoms with E-state index in [1.54, 1.807) is 11.7 Å². The molecule has 0 atom stereocenters. The minimum absolute atomic E-state index is 0.0226. The van der Waals surface area contributed by atoms with Crippen molar-refractivity contribution in [1.82, 2.24) is 14.5 Å². The molecule has 0 fully saturated rings. The van der Waals surface area contributed by atoms with E-state index >= 15 is 0 Å². The summed E-state index contributed by atoms with van der Waals surface area (Å²) in [5.74, 6) is 1.50. The second-order valence-corrected chi connectivity index (χ2v) is 5.53. The van der Waals surface area contributed by atoms with E-state index in [4.69, 9.17) is 4.74 Å². The van der Waals surface area contributed by atoms with Crippen LogP contribution in [0.5, 0.6) is 5.75 Å². The van der Waals surface area contributed by atoms with Gasteiger partial charge in [-0.1, -0.05) is 12.1 Å². The van der Waals surface area contributed by atoms with Crippen LogP contribution < -0.4 is 15.6 Å². The number of aryl methyl sites for hydroxylation is 1. The highest BCUT2D eigenvalue weighted by molar-refractivity contribution is 5.32. The van der Waals surface area contributed by atoms with Crippen LogP contribution in [-0.4, -0.2) is 28.2 Å². The highest BCUT2D eigenvalue weighted by Crippen LogP contribution is 2.16. The maximum Gasteiger partial charge on any atom is 0.259 e. The largest absolute Gasteiger partial charge is 0.497 e. The molecule has 3 rings (SSSR count). The van der Waals surface area contributed by atoms with Gasteiger partial charge in [-0.2, -0.15) is 0 Å². The first kappa shape index (κ1) is 14.6. The maximum atomic E-state index is 12.4. The Morgan fingerprint density at radius 3 is 2.68 bits per heavy atom. The van der Waals surface area contributed by atoms with Gasteiger partial charge >= 0.3 is 0 Å². The molecule has 6 nitrogen and oxygen atoms in total. The summed E-state index contributed by atoms with van der Waals surface area (Å²) in [7, 11) is 1.66. The number of anilines is 1. The molecule has 1 N–H and O–H groups in total. The first-order valence-corrected chi connectivity index (χ1v) is 7.25. The van der Waals surface area contributed by atoms with Crippen LogP contribution in [0.3, 0.4) is 0 Å². The Hall–Kier alpha value is -2.34. The third kappa shape index (κ3) is 2.69. The van der Waals surface area contributed by atoms with Crippen LogP contribution >= 0.6 is 0 Å². The summed E-state index contributed by atoms with van der Waals surface area (Å²) >= 11 is 0. The lowest BCUT2D eigenvalue weighted by Crippen LogP contribution is -2.43. The van der Waals surface area contributed by atoms with Gasteiger partial charge in [0.1, 0.15) is 5.75 Å². The van der Waals surface area contributed by atoms with E-state index < -0.39 is 0 Å². The van der Waals surface area contributed by atoms with Crippen molar-refractivity contribution in [2.24, 2.45) is 0 Å². The molecule has 0 radical (unpaired) electrons. The number of aromatic nitrogens is 2. The van der Waals surface area contributed by atoms with Crippen molar-refractivity contribution in [1.29, 1.82) is 0 Å². The zero-order valence-electron chi connectivity index (χ0n) is 13.1. The van der Waals surface area contributed by atoms with Crippen molar-refractivity contribution < 1.29 is 4.74 Å². The zero-order chi connectivity index (χ0) is 15.7. The number of hydrogen-bond donors (Lipinski definition) is 1. The van der Waals surface area contributed by atoms with Crippen molar-refractivity contribution in [2.45, 2.75) is 27.1 Å². The number of fused-ring (bicyclic) bond motifs is 1. The van der Waals surface area contributed by atoms with Crippen molar-refractivity contribution in [3.63, 3.8) is 0 Å². The number of benzene rings is 1. The zero-order valence-corrected chi connectivity index (χ0v) is 13.1. The van der Waals surface area contributed by atoms with Crippen LogP contribution in [0.25, 0.3) is 0 Å². The Kier molecular flexibility index (Phi) is 3.85. The van der Waals surface area contributed by atoms with Gasteiger partial charge in [-0.15, -0.1) is 0 Å². The van der Waals surface area contributed by atoms with Gasteiger partial charge in [-0.05, 0) is 31.5 Å². The highest BCUT2D eigenvalue weighted by atomic mass is 16.5. The second-order valence-electron chi connectivity index (χ2n) is 5.53. The molecule has 1 aromatic carbocycles. The fraction of sp³-hybridized carbons (Fsp3) is 0.375. The van der Waals surface area contributed by atoms with Crippen LogP contribution in [0.1, 0.15) is 16.8 Å². The van der Waals surface area contributed by atoms with Gasteiger partial charge in [-0.25, -0.2) is 4.98 Å². The molecule has 0 saturated carbocycles. The molecule has 2 heterocycles. The molecule has 116 valence electrons. The van der Waals surface area contributed by atoms with E-state index in [1.807, 2.05) is 38.1 Å². The predicted molar refractivity (Wildman–Crippen MR) is 85.0 cm³/mol. The van der Waals surface area contributed by atoms with Gasteiger partial charge in [0.25, 0.3) is 5.56 Å². The molecule has 1 aliphatic heterocycles. The average Bonchev–Trinajstić information content (AvgIpc) is 2.54. The topological polar surface area (TPSA) is 59.4 Å². The molecule has 0 saturated heterocycles. The van der Waals surface area contributed by atoms with E-state index in [-0.39, 0.29) is 5.56 Å². The van der Waals surface area contributed by atoms with Gasteiger partial charge in [0.15, 0.2) is 0 Å². The van der Waals surface area contributed by atoms with Crippen LogP contribution in [0.4, 0.5) is 5.95 Å². The molecule has 6 heteroatoms. The van der Waals surface area contributed by atoms with E-state index in [1.165, 1.54) is 5.56 Å². The average molecular weight is 300 g/mol. The summed E-state index contributed by atoms with van der Waals surface area (Å²) in [6, 6.07) is 7.97. The van der Waals surface area contributed by atoms with Crippen molar-refractivity contribution in [3.05, 3.63) is 51.4 Å². The third-order valence-corrected chi connectivity index (χ3v) is 4.01. The lowest BCUT2D eigenvalue weighted by atomic mass is 10.2. The summed E-state index contributed by atoms with van der Waals surface area (Å²) in [6.45, 7) is 5.65. The van der Waals surface area contributed by atoms with Gasteiger partial charge in [-0.3, -0.25) is 14.3 Å². The minimum atomic E-state index is 0.0226.